The van der Waals surface area contributed by atoms with Crippen LogP contribution in [-0.4, -0.2) is 11.5 Å². The van der Waals surface area contributed by atoms with Gasteiger partial charge in [-0.15, -0.1) is 0 Å². The number of hydrogen-bond donors (Lipinski definition) is 1. The van der Waals surface area contributed by atoms with E-state index in [1.165, 1.54) is 36.7 Å². The number of halogens is 2. The Kier molecular flexibility index (Phi) is 6.72. The molecule has 0 saturated carbocycles. The van der Waals surface area contributed by atoms with Crippen molar-refractivity contribution in [1.82, 2.24) is 3.26 Å². The van der Waals surface area contributed by atoms with Crippen LogP contribution in [0.2, 0.25) is 13.1 Å². The van der Waals surface area contributed by atoms with Crippen LogP contribution in [0.15, 0.2) is 30.3 Å². The van der Waals surface area contributed by atoms with Crippen molar-refractivity contribution in [3.8, 4) is 11.1 Å². The molecule has 0 heterocycles. The molecule has 1 nitrogen and oxygen atoms in total. The van der Waals surface area contributed by atoms with Crippen molar-refractivity contribution in [3.05, 3.63) is 52.6 Å². The molecule has 2 aromatic rings. The van der Waals surface area contributed by atoms with Crippen molar-refractivity contribution >= 4 is 26.2 Å². The zero-order chi connectivity index (χ0) is 24.5. The van der Waals surface area contributed by atoms with Crippen LogP contribution in [0.5, 0.6) is 0 Å². The van der Waals surface area contributed by atoms with E-state index in [9.17, 15) is 0 Å². The molecule has 0 bridgehead atoms. The van der Waals surface area contributed by atoms with Crippen molar-refractivity contribution < 1.29 is 15.8 Å². The van der Waals surface area contributed by atoms with Gasteiger partial charge in [-0.2, -0.15) is 0 Å². The first-order chi connectivity index (χ1) is 14.2. The quantitative estimate of drug-likeness (QED) is 0.317. The van der Waals surface area contributed by atoms with E-state index < -0.39 is 21.8 Å². The molecule has 0 aromatic heterocycles. The summed E-state index contributed by atoms with van der Waals surface area (Å²) in [5.74, 6) is -1.48. The van der Waals surface area contributed by atoms with E-state index in [0.717, 1.165) is 6.42 Å². The van der Waals surface area contributed by atoms with Gasteiger partial charge in [-0.25, -0.2) is 0 Å². The molecule has 0 spiro atoms. The van der Waals surface area contributed by atoms with Gasteiger partial charge in [0, 0.05) is 0 Å². The number of rotatable bonds is 3. The average Bonchev–Trinajstić information content (AvgIpc) is 2.94. The molecular weight excluding hydrogens is 529 g/mol. The van der Waals surface area contributed by atoms with E-state index >= 15 is 0 Å². The molecule has 2 aromatic carbocycles. The molecular formula is C27H42Cl2NSiZr. The predicted molar refractivity (Wildman–Crippen MR) is 145 cm³/mol. The molecule has 0 fully saturated rings. The summed E-state index contributed by atoms with van der Waals surface area (Å²) in [6.45, 7) is 25.0. The fourth-order valence-electron chi connectivity index (χ4n) is 5.07. The molecule has 177 valence electrons. The topological polar surface area (TPSA) is 12.0 Å². The van der Waals surface area contributed by atoms with Crippen LogP contribution in [0.4, 0.5) is 0 Å². The molecule has 1 aliphatic rings. The van der Waals surface area contributed by atoms with Crippen LogP contribution in [0.1, 0.15) is 84.6 Å². The Morgan fingerprint density at radius 3 is 1.84 bits per heavy atom. The van der Waals surface area contributed by atoms with Crippen LogP contribution < -0.4 is 6.53 Å². The second-order valence-electron chi connectivity index (χ2n) is 13.2. The third-order valence-electron chi connectivity index (χ3n) is 6.83. The van der Waals surface area contributed by atoms with Gasteiger partial charge in [0.05, 0.1) is 0 Å². The molecule has 0 unspecified atom stereocenters. The summed E-state index contributed by atoms with van der Waals surface area (Å²) in [7, 11) is 15.8. The van der Waals surface area contributed by atoms with Crippen molar-refractivity contribution in [2.75, 3.05) is 0 Å². The summed E-state index contributed by atoms with van der Waals surface area (Å²) >= 11 is -4.56. The summed E-state index contributed by atoms with van der Waals surface area (Å²) in [5.41, 5.74) is 8.13. The summed E-state index contributed by atoms with van der Waals surface area (Å²) in [6, 6.07) is 11.7. The SMILES string of the molecule is C[SiH](C)[Zr]([Cl])([Cl])([NH]C(C)(C)C)[c]1c(C(C)(C)C)ccc2c1Cc1cc(C(C)(C)C)ccc1-2. The van der Waals surface area contributed by atoms with E-state index in [1.54, 1.807) is 0 Å². The molecule has 5 heteroatoms. The maximum atomic E-state index is 7.91. The minimum atomic E-state index is -4.56. The number of fused-ring (bicyclic) bond motifs is 3. The van der Waals surface area contributed by atoms with Gasteiger partial charge in [-0.1, -0.05) is 0 Å². The van der Waals surface area contributed by atoms with Crippen molar-refractivity contribution in [1.29, 1.82) is 0 Å². The second kappa shape index (κ2) is 8.06. The van der Waals surface area contributed by atoms with Gasteiger partial charge >= 0.3 is 207 Å². The first-order valence-corrected chi connectivity index (χ1v) is 27.9. The molecule has 0 amide bonds. The summed E-state index contributed by atoms with van der Waals surface area (Å²) in [6.07, 6.45) is 0.921. The van der Waals surface area contributed by atoms with E-state index in [0.29, 0.717) is 0 Å². The Morgan fingerprint density at radius 2 is 1.38 bits per heavy atom. The fraction of sp³-hybridized carbons (Fsp3) is 0.556. The van der Waals surface area contributed by atoms with Crippen LogP contribution in [0, 0.1) is 0 Å². The number of hydrogen-bond acceptors (Lipinski definition) is 1. The van der Waals surface area contributed by atoms with Gasteiger partial charge in [0.15, 0.2) is 0 Å². The molecule has 0 atom stereocenters. The Balaban J connectivity index is 2.37. The Bertz CT molecular complexity index is 1050. The van der Waals surface area contributed by atoms with Gasteiger partial charge < -0.3 is 0 Å². The van der Waals surface area contributed by atoms with Gasteiger partial charge in [-0.3, -0.25) is 0 Å². The van der Waals surface area contributed by atoms with Gasteiger partial charge in [0.1, 0.15) is 0 Å². The number of benzene rings is 2. The van der Waals surface area contributed by atoms with Crippen LogP contribution in [-0.2, 0) is 33.1 Å². The summed E-state index contributed by atoms with van der Waals surface area (Å²) in [5, 5.41) is 0. The maximum absolute atomic E-state index is 7.91. The third-order valence-corrected chi connectivity index (χ3v) is 51.8. The molecule has 1 aliphatic carbocycles. The standard InChI is InChI=1S/C21H25.C4H10N.C2H7Si.2ClH.Zr/c1-20(2,3)16-7-9-18-14(12-16)11-15-13-17(21(4,5)6)8-10-19(15)18;1-4(2,3)5;1-3-2;;;/h7-10,12H,11H2,1-6H3;5H,1-3H3;3H,1-2H3;2*1H;/q;-1;;;;+3/p-2. The van der Waals surface area contributed by atoms with E-state index in [4.69, 9.17) is 17.0 Å². The molecule has 32 heavy (non-hydrogen) atoms. The Hall–Kier alpha value is 0.0800. The zero-order valence-electron chi connectivity index (χ0n) is 21.9. The van der Waals surface area contributed by atoms with Gasteiger partial charge in [0.2, 0.25) is 0 Å². The van der Waals surface area contributed by atoms with E-state index in [1.807, 2.05) is 0 Å². The van der Waals surface area contributed by atoms with Crippen molar-refractivity contribution in [2.24, 2.45) is 0 Å². The zero-order valence-corrected chi connectivity index (χ0v) is 27.1. The van der Waals surface area contributed by atoms with Crippen molar-refractivity contribution in [3.63, 3.8) is 0 Å². The van der Waals surface area contributed by atoms with Crippen LogP contribution >= 0.6 is 17.0 Å². The third kappa shape index (κ3) is 4.76. The first kappa shape index (κ1) is 26.7. The second-order valence-corrected chi connectivity index (χ2v) is 52.8. The van der Waals surface area contributed by atoms with Crippen molar-refractivity contribution in [2.45, 2.75) is 98.2 Å². The average molecular weight is 571 g/mol. The van der Waals surface area contributed by atoms with Gasteiger partial charge in [-0.05, 0) is 0 Å². The monoisotopic (exact) mass is 568 g/mol. The first-order valence-electron chi connectivity index (χ1n) is 11.9. The normalized spacial score (nSPS) is 16.0. The Labute approximate surface area is 205 Å². The summed E-state index contributed by atoms with van der Waals surface area (Å²) in [4.78, 5) is 0. The summed E-state index contributed by atoms with van der Waals surface area (Å²) < 4.78 is 5.24. The predicted octanol–water partition coefficient (Wildman–Crippen LogP) is 7.76. The van der Waals surface area contributed by atoms with E-state index in [2.05, 4.69) is 109 Å². The van der Waals surface area contributed by atoms with Gasteiger partial charge in [0.25, 0.3) is 0 Å². The molecule has 0 saturated heterocycles. The minimum absolute atomic E-state index is 0.0303. The van der Waals surface area contributed by atoms with E-state index in [-0.39, 0.29) is 16.4 Å². The fourth-order valence-corrected chi connectivity index (χ4v) is 30.7. The molecule has 0 radical (unpaired) electrons. The number of nitrogens with one attached hydrogen (secondary N) is 1. The molecule has 1 N–H and O–H groups in total. The van der Waals surface area contributed by atoms with Crippen LogP contribution in [0.25, 0.3) is 11.1 Å². The molecule has 0 aliphatic heterocycles. The Morgan fingerprint density at radius 1 is 0.812 bits per heavy atom. The molecule has 3 rings (SSSR count). The van der Waals surface area contributed by atoms with Crippen LogP contribution in [0.3, 0.4) is 0 Å².